The van der Waals surface area contributed by atoms with Gasteiger partial charge in [0.15, 0.2) is 0 Å². The number of benzene rings is 1. The Balaban J connectivity index is 2.18. The summed E-state index contributed by atoms with van der Waals surface area (Å²) in [7, 11) is 0. The normalized spacial score (nSPS) is 10.7. The Bertz CT molecular complexity index is 477. The molecule has 1 aromatic heterocycles. The fourth-order valence-electron chi connectivity index (χ4n) is 1.79. The maximum absolute atomic E-state index is 9.10. The SMILES string of the molecule is CCCCc1ccn(-c2cccc(CO)c2)n1. The van der Waals surface area contributed by atoms with Gasteiger partial charge in [-0.1, -0.05) is 25.5 Å². The van der Waals surface area contributed by atoms with Crippen LogP contribution in [0.15, 0.2) is 36.5 Å². The lowest BCUT2D eigenvalue weighted by Crippen LogP contribution is -1.97. The molecule has 0 aliphatic carbocycles. The van der Waals surface area contributed by atoms with E-state index >= 15 is 0 Å². The van der Waals surface area contributed by atoms with E-state index in [9.17, 15) is 0 Å². The van der Waals surface area contributed by atoms with Crippen molar-refractivity contribution in [1.29, 1.82) is 0 Å². The number of aliphatic hydroxyl groups is 1. The van der Waals surface area contributed by atoms with Gasteiger partial charge in [-0.05, 0) is 36.6 Å². The molecule has 0 fully saturated rings. The third-order valence-electron chi connectivity index (χ3n) is 2.79. The fourth-order valence-corrected chi connectivity index (χ4v) is 1.79. The van der Waals surface area contributed by atoms with Gasteiger partial charge in [-0.25, -0.2) is 4.68 Å². The fraction of sp³-hybridized carbons (Fsp3) is 0.357. The molecule has 1 aromatic carbocycles. The summed E-state index contributed by atoms with van der Waals surface area (Å²) in [5, 5.41) is 13.6. The van der Waals surface area contributed by atoms with Crippen LogP contribution in [0.2, 0.25) is 0 Å². The predicted octanol–water partition coefficient (Wildman–Crippen LogP) is 2.71. The van der Waals surface area contributed by atoms with Crippen LogP contribution in [0, 0.1) is 0 Å². The second-order valence-electron chi connectivity index (χ2n) is 4.18. The summed E-state index contributed by atoms with van der Waals surface area (Å²) in [5.41, 5.74) is 3.04. The monoisotopic (exact) mass is 230 g/mol. The average molecular weight is 230 g/mol. The van der Waals surface area contributed by atoms with Crippen molar-refractivity contribution in [2.75, 3.05) is 0 Å². The van der Waals surface area contributed by atoms with Crippen molar-refractivity contribution in [2.45, 2.75) is 32.8 Å². The van der Waals surface area contributed by atoms with E-state index in [1.807, 2.05) is 35.1 Å². The van der Waals surface area contributed by atoms with Crippen LogP contribution in [0.4, 0.5) is 0 Å². The first-order chi connectivity index (χ1) is 8.33. The first-order valence-electron chi connectivity index (χ1n) is 6.08. The van der Waals surface area contributed by atoms with Crippen LogP contribution in [0.5, 0.6) is 0 Å². The number of hydrogen-bond donors (Lipinski definition) is 1. The molecule has 1 heterocycles. The van der Waals surface area contributed by atoms with Crippen LogP contribution < -0.4 is 0 Å². The minimum Gasteiger partial charge on any atom is -0.392 e. The summed E-state index contributed by atoms with van der Waals surface area (Å²) in [5.74, 6) is 0. The molecule has 2 rings (SSSR count). The van der Waals surface area contributed by atoms with Gasteiger partial charge >= 0.3 is 0 Å². The summed E-state index contributed by atoms with van der Waals surface area (Å²) in [4.78, 5) is 0. The quantitative estimate of drug-likeness (QED) is 0.857. The van der Waals surface area contributed by atoms with Gasteiger partial charge in [0.1, 0.15) is 0 Å². The molecule has 0 spiro atoms. The highest BCUT2D eigenvalue weighted by Crippen LogP contribution is 2.11. The Hall–Kier alpha value is -1.61. The Morgan fingerprint density at radius 2 is 2.18 bits per heavy atom. The number of aryl methyl sites for hydroxylation is 1. The van der Waals surface area contributed by atoms with Crippen molar-refractivity contribution in [1.82, 2.24) is 9.78 Å². The van der Waals surface area contributed by atoms with Crippen LogP contribution in [0.1, 0.15) is 31.0 Å². The van der Waals surface area contributed by atoms with E-state index in [0.717, 1.165) is 23.4 Å². The predicted molar refractivity (Wildman–Crippen MR) is 68.1 cm³/mol. The number of rotatable bonds is 5. The van der Waals surface area contributed by atoms with Gasteiger partial charge in [0.25, 0.3) is 0 Å². The molecule has 3 nitrogen and oxygen atoms in total. The first kappa shape index (κ1) is 11.9. The lowest BCUT2D eigenvalue weighted by atomic mass is 10.2. The maximum atomic E-state index is 9.10. The number of aromatic nitrogens is 2. The molecule has 0 radical (unpaired) electrons. The van der Waals surface area contributed by atoms with Gasteiger partial charge in [0.2, 0.25) is 0 Å². The molecule has 2 aromatic rings. The van der Waals surface area contributed by atoms with Crippen LogP contribution in [-0.2, 0) is 13.0 Å². The minimum absolute atomic E-state index is 0.0673. The van der Waals surface area contributed by atoms with Crippen LogP contribution >= 0.6 is 0 Å². The summed E-state index contributed by atoms with van der Waals surface area (Å²) in [6.45, 7) is 2.25. The van der Waals surface area contributed by atoms with Crippen molar-refractivity contribution in [3.63, 3.8) is 0 Å². The Labute approximate surface area is 102 Å². The second-order valence-corrected chi connectivity index (χ2v) is 4.18. The average Bonchev–Trinajstić information content (AvgIpc) is 2.85. The van der Waals surface area contributed by atoms with Crippen molar-refractivity contribution in [2.24, 2.45) is 0 Å². The molecule has 0 aliphatic rings. The zero-order valence-corrected chi connectivity index (χ0v) is 10.1. The topological polar surface area (TPSA) is 38.0 Å². The molecule has 3 heteroatoms. The second kappa shape index (κ2) is 5.64. The van der Waals surface area contributed by atoms with E-state index in [4.69, 9.17) is 5.11 Å². The first-order valence-corrected chi connectivity index (χ1v) is 6.08. The van der Waals surface area contributed by atoms with E-state index < -0.39 is 0 Å². The largest absolute Gasteiger partial charge is 0.392 e. The van der Waals surface area contributed by atoms with E-state index in [1.165, 1.54) is 12.8 Å². The molecule has 90 valence electrons. The molecule has 0 aliphatic heterocycles. The van der Waals surface area contributed by atoms with Crippen molar-refractivity contribution in [3.8, 4) is 5.69 Å². The summed E-state index contributed by atoms with van der Waals surface area (Å²) in [6.07, 6.45) is 5.37. The molecule has 0 atom stereocenters. The molecular weight excluding hydrogens is 212 g/mol. The number of nitrogens with zero attached hydrogens (tertiary/aromatic N) is 2. The van der Waals surface area contributed by atoms with Gasteiger partial charge in [-0.2, -0.15) is 5.10 Å². The van der Waals surface area contributed by atoms with Gasteiger partial charge in [-0.15, -0.1) is 0 Å². The highest BCUT2D eigenvalue weighted by atomic mass is 16.3. The van der Waals surface area contributed by atoms with E-state index in [0.29, 0.717) is 0 Å². The Morgan fingerprint density at radius 1 is 1.29 bits per heavy atom. The molecular formula is C14H18N2O. The zero-order chi connectivity index (χ0) is 12.1. The highest BCUT2D eigenvalue weighted by molar-refractivity contribution is 5.35. The number of aliphatic hydroxyl groups excluding tert-OH is 1. The molecule has 1 N–H and O–H groups in total. The zero-order valence-electron chi connectivity index (χ0n) is 10.1. The van der Waals surface area contributed by atoms with Gasteiger partial charge in [0.05, 0.1) is 18.0 Å². The van der Waals surface area contributed by atoms with Gasteiger partial charge in [0, 0.05) is 6.20 Å². The molecule has 0 unspecified atom stereocenters. The van der Waals surface area contributed by atoms with Crippen molar-refractivity contribution in [3.05, 3.63) is 47.8 Å². The van der Waals surface area contributed by atoms with Crippen LogP contribution in [-0.4, -0.2) is 14.9 Å². The third kappa shape index (κ3) is 2.94. The number of hydrogen-bond acceptors (Lipinski definition) is 2. The molecule has 0 saturated heterocycles. The highest BCUT2D eigenvalue weighted by Gasteiger charge is 2.01. The van der Waals surface area contributed by atoms with E-state index in [2.05, 4.69) is 18.1 Å². The lowest BCUT2D eigenvalue weighted by Gasteiger charge is -2.03. The maximum Gasteiger partial charge on any atom is 0.0682 e. The Morgan fingerprint density at radius 3 is 2.94 bits per heavy atom. The van der Waals surface area contributed by atoms with Crippen molar-refractivity contribution < 1.29 is 5.11 Å². The van der Waals surface area contributed by atoms with Crippen LogP contribution in [0.3, 0.4) is 0 Å². The number of unbranched alkanes of at least 4 members (excludes halogenated alkanes) is 1. The van der Waals surface area contributed by atoms with Gasteiger partial charge < -0.3 is 5.11 Å². The molecule has 17 heavy (non-hydrogen) atoms. The smallest absolute Gasteiger partial charge is 0.0682 e. The summed E-state index contributed by atoms with van der Waals surface area (Å²) >= 11 is 0. The molecule has 0 saturated carbocycles. The Kier molecular flexibility index (Phi) is 3.94. The van der Waals surface area contributed by atoms with E-state index in [1.54, 1.807) is 0 Å². The molecule has 0 bridgehead atoms. The minimum atomic E-state index is 0.0673. The third-order valence-corrected chi connectivity index (χ3v) is 2.79. The van der Waals surface area contributed by atoms with Crippen molar-refractivity contribution >= 4 is 0 Å². The molecule has 0 amide bonds. The standard InChI is InChI=1S/C14H18N2O/c1-2-3-6-13-8-9-16(15-13)14-7-4-5-12(10-14)11-17/h4-5,7-10,17H,2-3,6,11H2,1H3. The van der Waals surface area contributed by atoms with E-state index in [-0.39, 0.29) is 6.61 Å². The van der Waals surface area contributed by atoms with Gasteiger partial charge in [-0.3, -0.25) is 0 Å². The lowest BCUT2D eigenvalue weighted by molar-refractivity contribution is 0.282. The van der Waals surface area contributed by atoms with Crippen LogP contribution in [0.25, 0.3) is 5.69 Å². The summed E-state index contributed by atoms with van der Waals surface area (Å²) < 4.78 is 1.87. The summed E-state index contributed by atoms with van der Waals surface area (Å²) in [6, 6.07) is 9.85.